The van der Waals surface area contributed by atoms with E-state index in [9.17, 15) is 14.0 Å². The van der Waals surface area contributed by atoms with Gasteiger partial charge in [-0.1, -0.05) is 12.1 Å². The van der Waals surface area contributed by atoms with Gasteiger partial charge in [0.05, 0.1) is 29.8 Å². The maximum absolute atomic E-state index is 14.2. The molecule has 1 atom stereocenters. The lowest BCUT2D eigenvalue weighted by molar-refractivity contribution is 0.0342. The third kappa shape index (κ3) is 4.58. The van der Waals surface area contributed by atoms with Crippen molar-refractivity contribution in [2.75, 3.05) is 32.8 Å². The summed E-state index contributed by atoms with van der Waals surface area (Å²) in [6.45, 7) is 5.79. The Morgan fingerprint density at radius 1 is 1.26 bits per heavy atom. The van der Waals surface area contributed by atoms with Gasteiger partial charge in [0, 0.05) is 31.2 Å². The van der Waals surface area contributed by atoms with Crippen molar-refractivity contribution in [3.05, 3.63) is 69.0 Å². The maximum Gasteiger partial charge on any atom is 0.266 e. The van der Waals surface area contributed by atoms with Gasteiger partial charge in [-0.2, -0.15) is 0 Å². The summed E-state index contributed by atoms with van der Waals surface area (Å²) in [5.41, 5.74) is 0.469. The van der Waals surface area contributed by atoms with Crippen LogP contribution in [0.15, 0.2) is 47.3 Å². The maximum atomic E-state index is 14.2. The zero-order valence-corrected chi connectivity index (χ0v) is 17.9. The zero-order valence-electron chi connectivity index (χ0n) is 17.1. The van der Waals surface area contributed by atoms with Gasteiger partial charge in [0.15, 0.2) is 4.77 Å². The largest absolute Gasteiger partial charge is 0.379 e. The first-order chi connectivity index (χ1) is 14.9. The standard InChI is InChI=1S/C22H23FN4O3S/c1-14(13-26-8-10-30-11-9-26)24-20(28)15-6-7-16-18(12-15)25-22(31)27(21(16)29)19-5-3-2-4-17(19)23/h2-7,12,14H,8-11,13H2,1H3,(H,24,28)(H,25,31). The minimum Gasteiger partial charge on any atom is -0.379 e. The van der Waals surface area contributed by atoms with Gasteiger partial charge >= 0.3 is 0 Å². The summed E-state index contributed by atoms with van der Waals surface area (Å²) in [6.07, 6.45) is 0. The highest BCUT2D eigenvalue weighted by molar-refractivity contribution is 7.71. The molecule has 1 saturated heterocycles. The van der Waals surface area contributed by atoms with Crippen LogP contribution in [-0.4, -0.2) is 59.2 Å². The second kappa shape index (κ2) is 9.09. The molecule has 1 aliphatic heterocycles. The Balaban J connectivity index is 1.59. The van der Waals surface area contributed by atoms with E-state index in [0.717, 1.165) is 24.2 Å². The quantitative estimate of drug-likeness (QED) is 0.594. The van der Waals surface area contributed by atoms with Crippen LogP contribution < -0.4 is 10.9 Å². The number of rotatable bonds is 5. The average Bonchev–Trinajstić information content (AvgIpc) is 2.75. The number of fused-ring (bicyclic) bond motifs is 1. The summed E-state index contributed by atoms with van der Waals surface area (Å²) >= 11 is 5.30. The number of amides is 1. The summed E-state index contributed by atoms with van der Waals surface area (Å²) in [4.78, 5) is 30.9. The number of H-pyrrole nitrogens is 1. The molecule has 1 aliphatic rings. The number of nitrogens with zero attached hydrogens (tertiary/aromatic N) is 2. The molecular formula is C22H23FN4O3S. The third-order valence-electron chi connectivity index (χ3n) is 5.27. The Hall–Kier alpha value is -2.88. The Morgan fingerprint density at radius 3 is 2.74 bits per heavy atom. The number of morpholine rings is 1. The minimum absolute atomic E-state index is 0.0474. The molecular weight excluding hydrogens is 419 g/mol. The lowest BCUT2D eigenvalue weighted by Gasteiger charge is -2.29. The van der Waals surface area contributed by atoms with E-state index in [4.69, 9.17) is 17.0 Å². The summed E-state index contributed by atoms with van der Waals surface area (Å²) in [6, 6.07) is 10.6. The van der Waals surface area contributed by atoms with Crippen LogP contribution in [0.2, 0.25) is 0 Å². The number of hydrogen-bond acceptors (Lipinski definition) is 5. The average molecular weight is 443 g/mol. The molecule has 1 fully saturated rings. The van der Waals surface area contributed by atoms with Crippen molar-refractivity contribution >= 4 is 29.0 Å². The predicted molar refractivity (Wildman–Crippen MR) is 119 cm³/mol. The highest BCUT2D eigenvalue weighted by atomic mass is 32.1. The highest BCUT2D eigenvalue weighted by Crippen LogP contribution is 2.15. The fourth-order valence-electron chi connectivity index (χ4n) is 3.73. The molecule has 2 heterocycles. The van der Waals surface area contributed by atoms with Crippen LogP contribution in [0.3, 0.4) is 0 Å². The molecule has 162 valence electrons. The number of halogens is 1. The molecule has 1 amide bonds. The minimum atomic E-state index is -0.547. The number of hydrogen-bond donors (Lipinski definition) is 2. The van der Waals surface area contributed by atoms with Crippen molar-refractivity contribution in [3.8, 4) is 5.69 Å². The van der Waals surface area contributed by atoms with Crippen LogP contribution in [0, 0.1) is 10.6 Å². The molecule has 7 nitrogen and oxygen atoms in total. The fourth-order valence-corrected chi connectivity index (χ4v) is 4.03. The molecule has 4 rings (SSSR count). The summed E-state index contributed by atoms with van der Waals surface area (Å²) < 4.78 is 20.7. The van der Waals surface area contributed by atoms with E-state index in [1.165, 1.54) is 12.1 Å². The topological polar surface area (TPSA) is 79.4 Å². The second-order valence-corrected chi connectivity index (χ2v) is 7.96. The highest BCUT2D eigenvalue weighted by Gasteiger charge is 2.17. The van der Waals surface area contributed by atoms with Crippen molar-refractivity contribution in [1.29, 1.82) is 0 Å². The summed E-state index contributed by atoms with van der Waals surface area (Å²) in [7, 11) is 0. The normalized spacial score (nSPS) is 15.7. The van der Waals surface area contributed by atoms with E-state index in [-0.39, 0.29) is 22.4 Å². The number of aromatic nitrogens is 2. The van der Waals surface area contributed by atoms with E-state index in [1.807, 2.05) is 6.92 Å². The number of carbonyl (C=O) groups is 1. The molecule has 0 bridgehead atoms. The molecule has 1 aromatic heterocycles. The number of para-hydroxylation sites is 1. The first-order valence-electron chi connectivity index (χ1n) is 10.1. The van der Waals surface area contributed by atoms with Crippen molar-refractivity contribution < 1.29 is 13.9 Å². The van der Waals surface area contributed by atoms with Crippen molar-refractivity contribution in [1.82, 2.24) is 19.8 Å². The molecule has 1 unspecified atom stereocenters. The zero-order chi connectivity index (χ0) is 22.0. The van der Waals surface area contributed by atoms with Crippen LogP contribution in [-0.2, 0) is 4.74 Å². The number of nitrogens with one attached hydrogen (secondary N) is 2. The van der Waals surface area contributed by atoms with Gasteiger partial charge in [-0.25, -0.2) is 8.96 Å². The first kappa shape index (κ1) is 21.4. The molecule has 0 spiro atoms. The van der Waals surface area contributed by atoms with Crippen molar-refractivity contribution in [2.45, 2.75) is 13.0 Å². The van der Waals surface area contributed by atoms with E-state index < -0.39 is 11.4 Å². The molecule has 0 saturated carbocycles. The predicted octanol–water partition coefficient (Wildman–Crippen LogP) is 2.64. The number of carbonyl (C=O) groups excluding carboxylic acids is 1. The summed E-state index contributed by atoms with van der Waals surface area (Å²) in [5.74, 6) is -0.783. The van der Waals surface area contributed by atoms with Gasteiger partial charge < -0.3 is 15.0 Å². The van der Waals surface area contributed by atoms with Crippen LogP contribution in [0.1, 0.15) is 17.3 Å². The van der Waals surface area contributed by atoms with Crippen LogP contribution in [0.5, 0.6) is 0 Å². The van der Waals surface area contributed by atoms with Crippen LogP contribution in [0.25, 0.3) is 16.6 Å². The third-order valence-corrected chi connectivity index (χ3v) is 5.55. The number of benzene rings is 2. The van der Waals surface area contributed by atoms with Gasteiger partial charge in [0.2, 0.25) is 0 Å². The number of ether oxygens (including phenoxy) is 1. The lowest BCUT2D eigenvalue weighted by atomic mass is 10.1. The smallest absolute Gasteiger partial charge is 0.266 e. The molecule has 0 aliphatic carbocycles. The molecule has 2 aromatic carbocycles. The molecule has 9 heteroatoms. The number of aromatic amines is 1. The van der Waals surface area contributed by atoms with Gasteiger partial charge in [-0.05, 0) is 49.5 Å². The van der Waals surface area contributed by atoms with E-state index in [0.29, 0.717) is 29.7 Å². The molecule has 2 N–H and O–H groups in total. The monoisotopic (exact) mass is 442 g/mol. The lowest BCUT2D eigenvalue weighted by Crippen LogP contribution is -2.46. The second-order valence-electron chi connectivity index (χ2n) is 7.57. The van der Waals surface area contributed by atoms with E-state index >= 15 is 0 Å². The molecule has 3 aromatic rings. The Kier molecular flexibility index (Phi) is 6.26. The Morgan fingerprint density at radius 2 is 2.00 bits per heavy atom. The van der Waals surface area contributed by atoms with Crippen molar-refractivity contribution in [3.63, 3.8) is 0 Å². The Bertz CT molecular complexity index is 1230. The van der Waals surface area contributed by atoms with Gasteiger partial charge in [-0.15, -0.1) is 0 Å². The first-order valence-corrected chi connectivity index (χ1v) is 10.5. The fraction of sp³-hybridized carbons (Fsp3) is 0.318. The Labute approximate surface area is 183 Å². The summed E-state index contributed by atoms with van der Waals surface area (Å²) in [5, 5.41) is 3.30. The SMILES string of the molecule is CC(CN1CCOCC1)NC(=O)c1ccc2c(=O)n(-c3ccccc3F)c(=S)[nH]c2c1. The van der Waals surface area contributed by atoms with E-state index in [2.05, 4.69) is 15.2 Å². The van der Waals surface area contributed by atoms with Gasteiger partial charge in [0.25, 0.3) is 11.5 Å². The van der Waals surface area contributed by atoms with Gasteiger partial charge in [-0.3, -0.25) is 14.5 Å². The molecule has 31 heavy (non-hydrogen) atoms. The van der Waals surface area contributed by atoms with Crippen LogP contribution in [0.4, 0.5) is 4.39 Å². The van der Waals surface area contributed by atoms with Crippen LogP contribution >= 0.6 is 12.2 Å². The van der Waals surface area contributed by atoms with Gasteiger partial charge in [0.1, 0.15) is 5.82 Å². The van der Waals surface area contributed by atoms with Crippen molar-refractivity contribution in [2.24, 2.45) is 0 Å². The molecule has 0 radical (unpaired) electrons. The van der Waals surface area contributed by atoms with E-state index in [1.54, 1.807) is 30.3 Å².